The first-order chi connectivity index (χ1) is 5.09. The smallest absolute Gasteiger partial charge is 0.449 e. The van der Waals surface area contributed by atoms with Crippen molar-refractivity contribution in [1.29, 1.82) is 0 Å². The maximum absolute atomic E-state index is 10.0. The van der Waals surface area contributed by atoms with E-state index in [1.54, 1.807) is 0 Å². The van der Waals surface area contributed by atoms with Crippen LogP contribution in [0.25, 0.3) is 0 Å². The topological polar surface area (TPSA) is 46.5 Å². The lowest BCUT2D eigenvalue weighted by atomic mass is 10.6. The van der Waals surface area contributed by atoms with E-state index in [2.05, 4.69) is 4.74 Å². The van der Waals surface area contributed by atoms with Crippen LogP contribution in [-0.4, -0.2) is 11.3 Å². The highest BCUT2D eigenvalue weighted by Crippen LogP contribution is 2.36. The van der Waals surface area contributed by atoms with Gasteiger partial charge in [0.2, 0.25) is 0 Å². The standard InChI is InChI=1S/C5H2Cl2O3S/c6-3-1-2(4(7)11-3)10-5(8)9/h1H,(H,8,9). The van der Waals surface area contributed by atoms with E-state index >= 15 is 0 Å². The molecule has 0 radical (unpaired) electrons. The van der Waals surface area contributed by atoms with E-state index < -0.39 is 6.16 Å². The van der Waals surface area contributed by atoms with E-state index in [4.69, 9.17) is 28.3 Å². The molecule has 0 unspecified atom stereocenters. The van der Waals surface area contributed by atoms with Crippen molar-refractivity contribution < 1.29 is 14.6 Å². The van der Waals surface area contributed by atoms with Crippen LogP contribution in [0.3, 0.4) is 0 Å². The van der Waals surface area contributed by atoms with Crippen molar-refractivity contribution >= 4 is 40.7 Å². The van der Waals surface area contributed by atoms with Crippen LogP contribution in [0.5, 0.6) is 5.75 Å². The highest BCUT2D eigenvalue weighted by atomic mass is 35.5. The van der Waals surface area contributed by atoms with Crippen molar-refractivity contribution in [1.82, 2.24) is 0 Å². The third kappa shape index (κ3) is 2.25. The number of carbonyl (C=O) groups is 1. The highest BCUT2D eigenvalue weighted by Gasteiger charge is 2.09. The zero-order valence-electron chi connectivity index (χ0n) is 5.01. The third-order valence-electron chi connectivity index (χ3n) is 0.823. The Bertz CT molecular complexity index is 283. The summed E-state index contributed by atoms with van der Waals surface area (Å²) < 4.78 is 4.90. The van der Waals surface area contributed by atoms with Crippen LogP contribution in [0.4, 0.5) is 4.79 Å². The van der Waals surface area contributed by atoms with Crippen molar-refractivity contribution in [3.63, 3.8) is 0 Å². The van der Waals surface area contributed by atoms with Crippen molar-refractivity contribution in [3.05, 3.63) is 14.7 Å². The molecule has 1 heterocycles. The maximum atomic E-state index is 10.0. The molecule has 11 heavy (non-hydrogen) atoms. The van der Waals surface area contributed by atoms with Gasteiger partial charge in [-0.1, -0.05) is 23.2 Å². The van der Waals surface area contributed by atoms with E-state index in [0.717, 1.165) is 11.3 Å². The lowest BCUT2D eigenvalue weighted by Gasteiger charge is -1.93. The molecule has 1 aromatic rings. The monoisotopic (exact) mass is 212 g/mol. The molecule has 1 rings (SSSR count). The molecule has 60 valence electrons. The first-order valence-corrected chi connectivity index (χ1v) is 4.02. The minimum atomic E-state index is -1.40. The molecule has 0 aliphatic rings. The van der Waals surface area contributed by atoms with E-state index in [-0.39, 0.29) is 10.1 Å². The van der Waals surface area contributed by atoms with Gasteiger partial charge in [-0.05, 0) is 0 Å². The first-order valence-electron chi connectivity index (χ1n) is 2.45. The fourth-order valence-electron chi connectivity index (χ4n) is 0.489. The van der Waals surface area contributed by atoms with Gasteiger partial charge in [-0.15, -0.1) is 11.3 Å². The zero-order chi connectivity index (χ0) is 8.43. The van der Waals surface area contributed by atoms with Gasteiger partial charge < -0.3 is 9.84 Å². The van der Waals surface area contributed by atoms with Crippen molar-refractivity contribution in [2.45, 2.75) is 0 Å². The molecule has 0 saturated heterocycles. The summed E-state index contributed by atoms with van der Waals surface area (Å²) in [5, 5.41) is 8.18. The molecule has 0 saturated carbocycles. The second kappa shape index (κ2) is 3.30. The van der Waals surface area contributed by atoms with Crippen LogP contribution >= 0.6 is 34.5 Å². The van der Waals surface area contributed by atoms with Gasteiger partial charge in [-0.2, -0.15) is 0 Å². The van der Waals surface area contributed by atoms with Gasteiger partial charge in [-0.25, -0.2) is 4.79 Å². The molecular formula is C5H2Cl2O3S. The molecule has 6 heteroatoms. The molecule has 1 aromatic heterocycles. The molecule has 0 amide bonds. The molecule has 0 atom stereocenters. The minimum absolute atomic E-state index is 0.0779. The van der Waals surface area contributed by atoms with Gasteiger partial charge in [0.05, 0.1) is 4.34 Å². The van der Waals surface area contributed by atoms with E-state index in [1.165, 1.54) is 6.07 Å². The molecule has 3 nitrogen and oxygen atoms in total. The number of halogens is 2. The third-order valence-corrected chi connectivity index (χ3v) is 2.27. The molecule has 0 aliphatic carbocycles. The van der Waals surface area contributed by atoms with E-state index in [1.807, 2.05) is 0 Å². The summed E-state index contributed by atoms with van der Waals surface area (Å²) in [5.41, 5.74) is 0. The number of hydrogen-bond donors (Lipinski definition) is 1. The minimum Gasteiger partial charge on any atom is -0.449 e. The van der Waals surface area contributed by atoms with Crippen LogP contribution in [0, 0.1) is 0 Å². The summed E-state index contributed by atoms with van der Waals surface area (Å²) in [6, 6.07) is 1.35. The zero-order valence-corrected chi connectivity index (χ0v) is 7.33. The molecule has 0 aliphatic heterocycles. The summed E-state index contributed by atoms with van der Waals surface area (Å²) in [6.45, 7) is 0. The fourth-order valence-corrected chi connectivity index (χ4v) is 1.82. The Morgan fingerprint density at radius 2 is 2.27 bits per heavy atom. The molecule has 0 bridgehead atoms. The Hall–Kier alpha value is -0.450. The predicted molar refractivity (Wildman–Crippen MR) is 43.0 cm³/mol. The molecule has 0 fully saturated rings. The summed E-state index contributed by atoms with van der Waals surface area (Å²) in [5.74, 6) is 0.0779. The Labute approximate surface area is 76.1 Å². The van der Waals surface area contributed by atoms with Crippen LogP contribution in [0.2, 0.25) is 8.67 Å². The summed E-state index contributed by atoms with van der Waals surface area (Å²) in [6.07, 6.45) is -1.40. The number of rotatable bonds is 1. The number of hydrogen-bond acceptors (Lipinski definition) is 3. The van der Waals surface area contributed by atoms with Crippen LogP contribution in [0.1, 0.15) is 0 Å². The van der Waals surface area contributed by atoms with Crippen molar-refractivity contribution in [3.8, 4) is 5.75 Å². The second-order valence-electron chi connectivity index (χ2n) is 1.56. The first kappa shape index (κ1) is 8.64. The summed E-state index contributed by atoms with van der Waals surface area (Å²) >= 11 is 12.1. The number of thiophene rings is 1. The van der Waals surface area contributed by atoms with Gasteiger partial charge in [0, 0.05) is 6.07 Å². The maximum Gasteiger partial charge on any atom is 0.511 e. The van der Waals surface area contributed by atoms with E-state index in [9.17, 15) is 4.79 Å². The fraction of sp³-hybridized carbons (Fsp3) is 0. The Balaban J connectivity index is 2.85. The van der Waals surface area contributed by atoms with Gasteiger partial charge in [0.15, 0.2) is 5.75 Å². The quantitative estimate of drug-likeness (QED) is 0.729. The largest absolute Gasteiger partial charge is 0.511 e. The Kier molecular flexibility index (Phi) is 2.59. The van der Waals surface area contributed by atoms with Gasteiger partial charge in [0.25, 0.3) is 0 Å². The van der Waals surface area contributed by atoms with Crippen molar-refractivity contribution in [2.24, 2.45) is 0 Å². The number of carboxylic acid groups (broad SMARTS) is 1. The summed E-state index contributed by atoms with van der Waals surface area (Å²) in [4.78, 5) is 10.0. The lowest BCUT2D eigenvalue weighted by Crippen LogP contribution is -2.01. The Morgan fingerprint density at radius 3 is 2.64 bits per heavy atom. The van der Waals surface area contributed by atoms with Gasteiger partial charge >= 0.3 is 6.16 Å². The average molecular weight is 213 g/mol. The van der Waals surface area contributed by atoms with Crippen molar-refractivity contribution in [2.75, 3.05) is 0 Å². The molecular weight excluding hydrogens is 211 g/mol. The number of ether oxygens (including phenoxy) is 1. The molecule has 0 aromatic carbocycles. The normalized spacial score (nSPS) is 9.64. The second-order valence-corrected chi connectivity index (χ2v) is 3.84. The SMILES string of the molecule is O=C(O)Oc1cc(Cl)sc1Cl. The van der Waals surface area contributed by atoms with Crippen LogP contribution in [0.15, 0.2) is 6.07 Å². The van der Waals surface area contributed by atoms with Crippen LogP contribution < -0.4 is 4.74 Å². The molecule has 0 spiro atoms. The van der Waals surface area contributed by atoms with Gasteiger partial charge in [0.1, 0.15) is 4.34 Å². The van der Waals surface area contributed by atoms with E-state index in [0.29, 0.717) is 4.34 Å². The predicted octanol–water partition coefficient (Wildman–Crippen LogP) is 3.11. The average Bonchev–Trinajstić information content (AvgIpc) is 2.09. The summed E-state index contributed by atoms with van der Waals surface area (Å²) in [7, 11) is 0. The highest BCUT2D eigenvalue weighted by molar-refractivity contribution is 7.20. The molecule has 1 N–H and O–H groups in total. The Morgan fingerprint density at radius 1 is 1.64 bits per heavy atom. The van der Waals surface area contributed by atoms with Gasteiger partial charge in [-0.3, -0.25) is 0 Å². The lowest BCUT2D eigenvalue weighted by molar-refractivity contribution is 0.144. The van der Waals surface area contributed by atoms with Crippen LogP contribution in [-0.2, 0) is 0 Å².